The van der Waals surface area contributed by atoms with E-state index in [9.17, 15) is 4.79 Å². The number of carbonyl (C=O) groups is 1. The van der Waals surface area contributed by atoms with Crippen molar-refractivity contribution in [1.82, 2.24) is 10.9 Å². The lowest BCUT2D eigenvalue weighted by molar-refractivity contribution is -0.122. The Morgan fingerprint density at radius 1 is 1.14 bits per heavy atom. The number of rotatable bonds is 13. The van der Waals surface area contributed by atoms with E-state index in [-0.39, 0.29) is 17.8 Å². The van der Waals surface area contributed by atoms with Crippen LogP contribution in [0.25, 0.3) is 0 Å². The van der Waals surface area contributed by atoms with Crippen molar-refractivity contribution in [1.29, 1.82) is 5.41 Å². The van der Waals surface area contributed by atoms with Gasteiger partial charge in [-0.25, -0.2) is 0 Å². The van der Waals surface area contributed by atoms with Gasteiger partial charge in [0.15, 0.2) is 11.5 Å². The van der Waals surface area contributed by atoms with Crippen LogP contribution in [-0.2, 0) is 4.79 Å². The number of ether oxygens (including phenoxy) is 2. The van der Waals surface area contributed by atoms with Crippen molar-refractivity contribution >= 4 is 17.4 Å². The number of benzene rings is 2. The second kappa shape index (κ2) is 13.3. The number of carbonyl (C=O) groups excluding carboxylic acids is 1. The van der Waals surface area contributed by atoms with Gasteiger partial charge in [-0.05, 0) is 81.1 Å². The summed E-state index contributed by atoms with van der Waals surface area (Å²) in [7, 11) is 0. The van der Waals surface area contributed by atoms with Crippen LogP contribution in [0.3, 0.4) is 0 Å². The van der Waals surface area contributed by atoms with E-state index in [2.05, 4.69) is 22.7 Å². The number of nitrogens with two attached hydrogens (primary N) is 2. The van der Waals surface area contributed by atoms with Crippen molar-refractivity contribution in [2.45, 2.75) is 32.9 Å². The van der Waals surface area contributed by atoms with Crippen molar-refractivity contribution in [3.05, 3.63) is 90.3 Å². The number of anilines is 1. The lowest BCUT2D eigenvalue weighted by atomic mass is 10.0. The van der Waals surface area contributed by atoms with Crippen LogP contribution in [0, 0.1) is 5.41 Å². The number of hydrogen-bond acceptors (Lipinski definition) is 7. The predicted molar refractivity (Wildman–Crippen MR) is 140 cm³/mol. The Kier molecular flexibility index (Phi) is 10.2. The molecule has 8 N–H and O–H groups in total. The van der Waals surface area contributed by atoms with Gasteiger partial charge < -0.3 is 26.3 Å². The number of allylic oxidation sites excluding steroid dienone is 3. The molecule has 0 saturated carbocycles. The Morgan fingerprint density at radius 2 is 1.86 bits per heavy atom. The monoisotopic (exact) mass is 478 g/mol. The molecule has 0 aliphatic heterocycles. The largest absolute Gasteiger partial charge is 0.490 e. The molecule has 9 nitrogen and oxygen atoms in total. The van der Waals surface area contributed by atoms with Gasteiger partial charge in [-0.15, -0.1) is 0 Å². The SMILES string of the molecule is C=C/C=C(\C=C/N)NNC(=O)C(Nc1ccc(C(=N)N)cc1)c1ccc(OC(C)C)c(OCC)c1. The van der Waals surface area contributed by atoms with Gasteiger partial charge in [0, 0.05) is 11.3 Å². The molecule has 0 heterocycles. The van der Waals surface area contributed by atoms with Gasteiger partial charge in [0.25, 0.3) is 5.91 Å². The molecular weight excluding hydrogens is 444 g/mol. The van der Waals surface area contributed by atoms with E-state index in [1.54, 1.807) is 54.6 Å². The Bertz CT molecular complexity index is 1080. The lowest BCUT2D eigenvalue weighted by Crippen LogP contribution is -2.41. The second-order valence-corrected chi connectivity index (χ2v) is 7.71. The maximum Gasteiger partial charge on any atom is 0.265 e. The minimum absolute atomic E-state index is 0.0352. The van der Waals surface area contributed by atoms with Crippen molar-refractivity contribution < 1.29 is 14.3 Å². The van der Waals surface area contributed by atoms with Gasteiger partial charge in [0.2, 0.25) is 0 Å². The van der Waals surface area contributed by atoms with Gasteiger partial charge in [0.05, 0.1) is 18.4 Å². The topological polar surface area (TPSA) is 148 Å². The molecule has 0 bridgehead atoms. The van der Waals surface area contributed by atoms with E-state index in [4.69, 9.17) is 26.4 Å². The van der Waals surface area contributed by atoms with Crippen LogP contribution in [0.15, 0.2) is 79.2 Å². The molecule has 2 aromatic carbocycles. The Labute approximate surface area is 206 Å². The predicted octanol–water partition coefficient (Wildman–Crippen LogP) is 3.47. The van der Waals surface area contributed by atoms with Crippen LogP contribution in [0.1, 0.15) is 37.9 Å². The van der Waals surface area contributed by atoms with Crippen molar-refractivity contribution in [2.75, 3.05) is 11.9 Å². The molecule has 2 rings (SSSR count). The molecule has 1 atom stereocenters. The van der Waals surface area contributed by atoms with Crippen molar-refractivity contribution in [3.63, 3.8) is 0 Å². The zero-order chi connectivity index (χ0) is 25.8. The van der Waals surface area contributed by atoms with Crippen molar-refractivity contribution in [2.24, 2.45) is 11.5 Å². The summed E-state index contributed by atoms with van der Waals surface area (Å²) in [4.78, 5) is 13.3. The summed E-state index contributed by atoms with van der Waals surface area (Å²) >= 11 is 0. The van der Waals surface area contributed by atoms with Crippen LogP contribution in [0.5, 0.6) is 11.5 Å². The standard InChI is InChI=1S/C26H34N6O3/c1-5-7-21(14-15-27)31-32-26(33)24(30-20-11-8-18(9-12-20)25(28)29)19-10-13-22(35-17(3)4)23(16-19)34-6-2/h5,7-17,24,30-31H,1,6,27H2,2-4H3,(H3,28,29)(H,32,33)/b15-14-,21-7+. The molecule has 0 saturated heterocycles. The number of hydrazine groups is 1. The Balaban J connectivity index is 2.40. The molecule has 2 aromatic rings. The van der Waals surface area contributed by atoms with E-state index < -0.39 is 6.04 Å². The molecular formula is C26H34N6O3. The summed E-state index contributed by atoms with van der Waals surface area (Å²) in [6, 6.07) is 11.5. The normalized spacial score (nSPS) is 12.2. The molecule has 1 unspecified atom stereocenters. The lowest BCUT2D eigenvalue weighted by Gasteiger charge is -2.22. The van der Waals surface area contributed by atoms with Gasteiger partial charge >= 0.3 is 0 Å². The second-order valence-electron chi connectivity index (χ2n) is 7.71. The first-order valence-electron chi connectivity index (χ1n) is 11.2. The molecule has 0 aliphatic carbocycles. The van der Waals surface area contributed by atoms with Gasteiger partial charge in [-0.2, -0.15) is 0 Å². The molecule has 0 radical (unpaired) electrons. The van der Waals surface area contributed by atoms with E-state index in [0.29, 0.717) is 40.6 Å². The summed E-state index contributed by atoms with van der Waals surface area (Å²) in [5.74, 6) is 0.738. The summed E-state index contributed by atoms with van der Waals surface area (Å²) in [5.41, 5.74) is 19.0. The zero-order valence-corrected chi connectivity index (χ0v) is 20.3. The molecule has 35 heavy (non-hydrogen) atoms. The molecule has 0 aromatic heterocycles. The highest BCUT2D eigenvalue weighted by Crippen LogP contribution is 2.32. The average molecular weight is 479 g/mol. The smallest absolute Gasteiger partial charge is 0.265 e. The third-order valence-electron chi connectivity index (χ3n) is 4.64. The Morgan fingerprint density at radius 3 is 2.43 bits per heavy atom. The fourth-order valence-electron chi connectivity index (χ4n) is 3.11. The van der Waals surface area contributed by atoms with E-state index >= 15 is 0 Å². The maximum absolute atomic E-state index is 13.3. The van der Waals surface area contributed by atoms with E-state index in [1.807, 2.05) is 26.8 Å². The minimum atomic E-state index is -0.801. The number of nitrogens with one attached hydrogen (secondary N) is 4. The van der Waals surface area contributed by atoms with Crippen LogP contribution < -0.4 is 37.1 Å². The third kappa shape index (κ3) is 8.15. The first-order chi connectivity index (χ1) is 16.8. The summed E-state index contributed by atoms with van der Waals surface area (Å²) < 4.78 is 11.6. The first kappa shape index (κ1) is 26.8. The van der Waals surface area contributed by atoms with Crippen LogP contribution >= 0.6 is 0 Å². The zero-order valence-electron chi connectivity index (χ0n) is 20.3. The molecule has 186 valence electrons. The highest BCUT2D eigenvalue weighted by Gasteiger charge is 2.23. The summed E-state index contributed by atoms with van der Waals surface area (Å²) in [6.07, 6.45) is 6.14. The number of amides is 1. The van der Waals surface area contributed by atoms with E-state index in [0.717, 1.165) is 0 Å². The quantitative estimate of drug-likeness (QED) is 0.112. The minimum Gasteiger partial charge on any atom is -0.490 e. The Hall–Kier alpha value is -4.40. The summed E-state index contributed by atoms with van der Waals surface area (Å²) in [6.45, 7) is 9.85. The first-order valence-corrected chi connectivity index (χ1v) is 11.2. The molecule has 9 heteroatoms. The molecule has 1 amide bonds. The van der Waals surface area contributed by atoms with Crippen molar-refractivity contribution in [3.8, 4) is 11.5 Å². The number of amidine groups is 1. The molecule has 0 fully saturated rings. The van der Waals surface area contributed by atoms with Crippen LogP contribution in [-0.4, -0.2) is 24.5 Å². The number of nitrogen functional groups attached to an aromatic ring is 1. The fourth-order valence-corrected chi connectivity index (χ4v) is 3.11. The van der Waals surface area contributed by atoms with Crippen LogP contribution in [0.2, 0.25) is 0 Å². The third-order valence-corrected chi connectivity index (χ3v) is 4.64. The van der Waals surface area contributed by atoms with Gasteiger partial charge in [0.1, 0.15) is 11.9 Å². The van der Waals surface area contributed by atoms with Crippen LogP contribution in [0.4, 0.5) is 5.69 Å². The molecule has 0 spiro atoms. The fraction of sp³-hybridized carbons (Fsp3) is 0.231. The highest BCUT2D eigenvalue weighted by atomic mass is 16.5. The van der Waals surface area contributed by atoms with Gasteiger partial charge in [-0.3, -0.25) is 21.1 Å². The number of hydrogen-bond donors (Lipinski definition) is 6. The highest BCUT2D eigenvalue weighted by molar-refractivity contribution is 5.95. The van der Waals surface area contributed by atoms with E-state index in [1.165, 1.54) is 6.20 Å². The summed E-state index contributed by atoms with van der Waals surface area (Å²) in [5, 5.41) is 10.8. The molecule has 0 aliphatic rings. The van der Waals surface area contributed by atoms with Gasteiger partial charge in [-0.1, -0.05) is 18.7 Å². The average Bonchev–Trinajstić information content (AvgIpc) is 2.82. The maximum atomic E-state index is 13.3.